The van der Waals surface area contributed by atoms with Crippen LogP contribution in [0.1, 0.15) is 10.4 Å². The zero-order valence-electron chi connectivity index (χ0n) is 15.3. The lowest BCUT2D eigenvalue weighted by Crippen LogP contribution is -2.21. The van der Waals surface area contributed by atoms with Crippen LogP contribution in [0.2, 0.25) is 0 Å². The number of anilines is 1. The number of esters is 1. The molecule has 1 aromatic carbocycles. The summed E-state index contributed by atoms with van der Waals surface area (Å²) < 4.78 is 39.7. The molecule has 1 N–H and O–H groups in total. The molecule has 30 heavy (non-hydrogen) atoms. The predicted octanol–water partition coefficient (Wildman–Crippen LogP) is 3.67. The van der Waals surface area contributed by atoms with Crippen molar-refractivity contribution in [2.75, 3.05) is 11.9 Å². The number of halogens is 2. The summed E-state index contributed by atoms with van der Waals surface area (Å²) in [5.41, 5.74) is 0.0106. The average molecular weight is 415 g/mol. The lowest BCUT2D eigenvalue weighted by Gasteiger charge is -2.12. The first-order valence-electron chi connectivity index (χ1n) is 8.56. The van der Waals surface area contributed by atoms with Gasteiger partial charge in [-0.05, 0) is 36.4 Å². The SMILES string of the molecule is O=C(COC(=O)c1cccnc1Oc1cccnc1)Nc1ccccc1OC(F)F. The molecule has 0 saturated heterocycles. The summed E-state index contributed by atoms with van der Waals surface area (Å²) >= 11 is 0. The minimum absolute atomic E-state index is 0.00409. The standard InChI is InChI=1S/C20H15F2N3O5/c21-20(22)30-16-8-2-1-7-15(16)25-17(26)12-28-19(27)14-6-4-10-24-18(14)29-13-5-3-9-23-11-13/h1-11,20H,12H2,(H,25,26). The summed E-state index contributed by atoms with van der Waals surface area (Å²) in [6.07, 6.45) is 4.43. The third-order valence-electron chi connectivity index (χ3n) is 3.55. The maximum Gasteiger partial charge on any atom is 0.387 e. The number of carbonyl (C=O) groups excluding carboxylic acids is 2. The smallest absolute Gasteiger partial charge is 0.387 e. The Balaban J connectivity index is 1.62. The van der Waals surface area contributed by atoms with E-state index in [0.717, 1.165) is 0 Å². The van der Waals surface area contributed by atoms with Crippen LogP contribution in [-0.2, 0) is 9.53 Å². The molecule has 0 aliphatic rings. The van der Waals surface area contributed by atoms with E-state index in [9.17, 15) is 18.4 Å². The van der Waals surface area contributed by atoms with Gasteiger partial charge >= 0.3 is 12.6 Å². The number of rotatable bonds is 8. The van der Waals surface area contributed by atoms with Crippen LogP contribution in [0.4, 0.5) is 14.5 Å². The molecule has 0 unspecified atom stereocenters. The molecule has 0 saturated carbocycles. The average Bonchev–Trinajstić information content (AvgIpc) is 2.74. The second-order valence-corrected chi connectivity index (χ2v) is 5.65. The van der Waals surface area contributed by atoms with Crippen LogP contribution in [0.5, 0.6) is 17.4 Å². The number of para-hydroxylation sites is 2. The van der Waals surface area contributed by atoms with E-state index in [1.165, 1.54) is 48.8 Å². The number of pyridine rings is 2. The highest BCUT2D eigenvalue weighted by Gasteiger charge is 2.18. The van der Waals surface area contributed by atoms with Crippen LogP contribution in [0, 0.1) is 0 Å². The predicted molar refractivity (Wildman–Crippen MR) is 101 cm³/mol. The van der Waals surface area contributed by atoms with E-state index in [1.807, 2.05) is 0 Å². The number of nitrogens with zero attached hydrogens (tertiary/aromatic N) is 2. The quantitative estimate of drug-likeness (QED) is 0.561. The van der Waals surface area contributed by atoms with Gasteiger partial charge in [0.15, 0.2) is 6.61 Å². The molecule has 0 atom stereocenters. The summed E-state index contributed by atoms with van der Waals surface area (Å²) in [6.45, 7) is -3.71. The summed E-state index contributed by atoms with van der Waals surface area (Å²) in [5.74, 6) is -1.47. The topological polar surface area (TPSA) is 99.6 Å². The Morgan fingerprint density at radius 3 is 2.60 bits per heavy atom. The highest BCUT2D eigenvalue weighted by molar-refractivity contribution is 5.97. The van der Waals surface area contributed by atoms with Gasteiger partial charge in [-0.15, -0.1) is 0 Å². The fourth-order valence-corrected chi connectivity index (χ4v) is 2.31. The Kier molecular flexibility index (Phi) is 6.83. The molecule has 0 aliphatic carbocycles. The number of hydrogen-bond acceptors (Lipinski definition) is 7. The highest BCUT2D eigenvalue weighted by atomic mass is 19.3. The number of amides is 1. The van der Waals surface area contributed by atoms with E-state index in [-0.39, 0.29) is 22.9 Å². The molecule has 154 valence electrons. The zero-order chi connectivity index (χ0) is 21.3. The lowest BCUT2D eigenvalue weighted by molar-refractivity contribution is -0.119. The number of hydrogen-bond donors (Lipinski definition) is 1. The Morgan fingerprint density at radius 1 is 1.03 bits per heavy atom. The normalized spacial score (nSPS) is 10.4. The van der Waals surface area contributed by atoms with Gasteiger partial charge in [-0.25, -0.2) is 9.78 Å². The van der Waals surface area contributed by atoms with Crippen molar-refractivity contribution in [3.05, 3.63) is 72.7 Å². The van der Waals surface area contributed by atoms with Crippen LogP contribution in [0.25, 0.3) is 0 Å². The first-order chi connectivity index (χ1) is 14.5. The molecular weight excluding hydrogens is 400 g/mol. The van der Waals surface area contributed by atoms with Gasteiger partial charge in [0.1, 0.15) is 17.1 Å². The fraction of sp³-hybridized carbons (Fsp3) is 0.100. The molecular formula is C20H15F2N3O5. The van der Waals surface area contributed by atoms with Gasteiger partial charge in [0.05, 0.1) is 11.9 Å². The monoisotopic (exact) mass is 415 g/mol. The minimum atomic E-state index is -3.05. The van der Waals surface area contributed by atoms with E-state index < -0.39 is 25.1 Å². The number of nitrogens with one attached hydrogen (secondary N) is 1. The number of ether oxygens (including phenoxy) is 3. The largest absolute Gasteiger partial charge is 0.452 e. The van der Waals surface area contributed by atoms with Gasteiger partial charge in [0.25, 0.3) is 5.91 Å². The molecule has 0 bridgehead atoms. The Bertz CT molecular complexity index is 1020. The van der Waals surface area contributed by atoms with Gasteiger partial charge in [-0.2, -0.15) is 8.78 Å². The van der Waals surface area contributed by atoms with Crippen LogP contribution < -0.4 is 14.8 Å². The maximum absolute atomic E-state index is 12.4. The highest BCUT2D eigenvalue weighted by Crippen LogP contribution is 2.26. The first kappa shape index (κ1) is 20.6. The molecule has 0 radical (unpaired) electrons. The van der Waals surface area contributed by atoms with Crippen LogP contribution in [0.3, 0.4) is 0 Å². The van der Waals surface area contributed by atoms with E-state index in [2.05, 4.69) is 20.0 Å². The van der Waals surface area contributed by atoms with Crippen molar-refractivity contribution in [2.45, 2.75) is 6.61 Å². The summed E-state index contributed by atoms with van der Waals surface area (Å²) in [7, 11) is 0. The third kappa shape index (κ3) is 5.71. The number of alkyl halides is 2. The van der Waals surface area contributed by atoms with E-state index in [4.69, 9.17) is 9.47 Å². The van der Waals surface area contributed by atoms with Crippen molar-refractivity contribution >= 4 is 17.6 Å². The Labute approximate surface area is 169 Å². The lowest BCUT2D eigenvalue weighted by atomic mass is 10.2. The molecule has 3 rings (SSSR count). The zero-order valence-corrected chi connectivity index (χ0v) is 15.3. The van der Waals surface area contributed by atoms with Crippen molar-refractivity contribution < 1.29 is 32.6 Å². The summed E-state index contributed by atoms with van der Waals surface area (Å²) in [4.78, 5) is 32.3. The second-order valence-electron chi connectivity index (χ2n) is 5.65. The van der Waals surface area contributed by atoms with Gasteiger partial charge in [-0.3, -0.25) is 9.78 Å². The second kappa shape index (κ2) is 9.92. The van der Waals surface area contributed by atoms with Crippen LogP contribution in [0.15, 0.2) is 67.1 Å². The van der Waals surface area contributed by atoms with Gasteiger partial charge in [-0.1, -0.05) is 12.1 Å². The summed E-state index contributed by atoms with van der Waals surface area (Å²) in [6, 6.07) is 11.8. The molecule has 2 aromatic heterocycles. The van der Waals surface area contributed by atoms with Crippen molar-refractivity contribution in [1.82, 2.24) is 9.97 Å². The van der Waals surface area contributed by atoms with Gasteiger partial charge < -0.3 is 19.5 Å². The number of benzene rings is 1. The van der Waals surface area contributed by atoms with Crippen LogP contribution >= 0.6 is 0 Å². The van der Waals surface area contributed by atoms with Crippen LogP contribution in [-0.4, -0.2) is 35.1 Å². The van der Waals surface area contributed by atoms with Crippen molar-refractivity contribution in [3.8, 4) is 17.4 Å². The minimum Gasteiger partial charge on any atom is -0.452 e. The van der Waals surface area contributed by atoms with E-state index in [1.54, 1.807) is 18.3 Å². The molecule has 3 aromatic rings. The van der Waals surface area contributed by atoms with E-state index in [0.29, 0.717) is 5.75 Å². The van der Waals surface area contributed by atoms with Gasteiger partial charge in [0, 0.05) is 12.4 Å². The third-order valence-corrected chi connectivity index (χ3v) is 3.55. The van der Waals surface area contributed by atoms with Gasteiger partial charge in [0.2, 0.25) is 5.88 Å². The molecule has 8 nitrogen and oxygen atoms in total. The molecule has 1 amide bonds. The molecule has 0 fully saturated rings. The van der Waals surface area contributed by atoms with Crippen molar-refractivity contribution in [3.63, 3.8) is 0 Å². The Hall–Kier alpha value is -4.08. The van der Waals surface area contributed by atoms with E-state index >= 15 is 0 Å². The molecule has 10 heteroatoms. The van der Waals surface area contributed by atoms with Crippen molar-refractivity contribution in [1.29, 1.82) is 0 Å². The molecule has 0 spiro atoms. The van der Waals surface area contributed by atoms with Crippen molar-refractivity contribution in [2.24, 2.45) is 0 Å². The maximum atomic E-state index is 12.4. The molecule has 0 aliphatic heterocycles. The molecule has 2 heterocycles. The number of aromatic nitrogens is 2. The Morgan fingerprint density at radius 2 is 1.83 bits per heavy atom. The number of carbonyl (C=O) groups is 2. The first-order valence-corrected chi connectivity index (χ1v) is 8.56. The summed E-state index contributed by atoms with van der Waals surface area (Å²) in [5, 5.41) is 2.35. The fourth-order valence-electron chi connectivity index (χ4n) is 2.31.